The molecule has 2 heterocycles. The second-order valence-electron chi connectivity index (χ2n) is 8.36. The van der Waals surface area contributed by atoms with E-state index in [1.807, 2.05) is 42.5 Å². The summed E-state index contributed by atoms with van der Waals surface area (Å²) >= 11 is 6.00. The van der Waals surface area contributed by atoms with Gasteiger partial charge in [0.15, 0.2) is 0 Å². The van der Waals surface area contributed by atoms with Gasteiger partial charge in [0.2, 0.25) is 5.88 Å². The van der Waals surface area contributed by atoms with Crippen LogP contribution in [-0.4, -0.2) is 29.3 Å². The maximum atomic E-state index is 12.4. The number of benzene rings is 2. The summed E-state index contributed by atoms with van der Waals surface area (Å²) in [5.74, 6) is 0.868. The number of carbonyl (C=O) groups excluding carboxylic acids is 1. The van der Waals surface area contributed by atoms with Gasteiger partial charge in [-0.3, -0.25) is 0 Å². The minimum atomic E-state index is -0.741. The third-order valence-electron chi connectivity index (χ3n) is 6.03. The zero-order valence-electron chi connectivity index (χ0n) is 18.8. The number of rotatable bonds is 7. The zero-order valence-corrected chi connectivity index (χ0v) is 19.6. The molecule has 1 aliphatic rings. The van der Waals surface area contributed by atoms with Gasteiger partial charge >= 0.3 is 6.16 Å². The van der Waals surface area contributed by atoms with Gasteiger partial charge in [-0.1, -0.05) is 29.8 Å². The SMILES string of the molecule is COCc1c(OC(=O)OC2CCCC2)ncc2[nH]c3cccc(OCc4ccc(Cl)cc4)c3c12. The average Bonchev–Trinajstić information content (AvgIpc) is 3.48. The molecule has 0 bridgehead atoms. The van der Waals surface area contributed by atoms with Gasteiger partial charge in [0.1, 0.15) is 18.5 Å². The molecule has 0 saturated heterocycles. The first kappa shape index (κ1) is 22.5. The van der Waals surface area contributed by atoms with Crippen molar-refractivity contribution in [3.63, 3.8) is 0 Å². The maximum absolute atomic E-state index is 12.4. The molecule has 34 heavy (non-hydrogen) atoms. The third-order valence-corrected chi connectivity index (χ3v) is 6.28. The monoisotopic (exact) mass is 480 g/mol. The van der Waals surface area contributed by atoms with Crippen molar-refractivity contribution in [3.8, 4) is 11.6 Å². The molecule has 5 rings (SSSR count). The molecule has 2 aromatic carbocycles. The number of pyridine rings is 1. The fourth-order valence-electron chi connectivity index (χ4n) is 4.43. The molecule has 0 radical (unpaired) electrons. The smallest absolute Gasteiger partial charge is 0.488 e. The minimum Gasteiger partial charge on any atom is -0.488 e. The summed E-state index contributed by atoms with van der Waals surface area (Å²) in [4.78, 5) is 20.2. The largest absolute Gasteiger partial charge is 0.515 e. The van der Waals surface area contributed by atoms with Crippen molar-refractivity contribution in [2.24, 2.45) is 0 Å². The minimum absolute atomic E-state index is 0.0944. The van der Waals surface area contributed by atoms with Crippen LogP contribution < -0.4 is 9.47 Å². The summed E-state index contributed by atoms with van der Waals surface area (Å²) in [6, 6.07) is 13.3. The van der Waals surface area contributed by atoms with Crippen LogP contribution in [0.5, 0.6) is 11.6 Å². The predicted molar refractivity (Wildman–Crippen MR) is 129 cm³/mol. The van der Waals surface area contributed by atoms with Crippen LogP contribution in [0.2, 0.25) is 5.02 Å². The standard InChI is InChI=1S/C26H25ClN2O5/c1-31-15-19-23-21(13-28-25(19)34-26(30)33-18-5-2-3-6-18)29-20-7-4-8-22(24(20)23)32-14-16-9-11-17(27)12-10-16/h4,7-13,18,29H,2-3,5-6,14-15H2,1H3. The van der Waals surface area contributed by atoms with Crippen molar-refractivity contribution in [3.05, 3.63) is 64.8 Å². The number of carbonyl (C=O) groups is 1. The third kappa shape index (κ3) is 4.67. The van der Waals surface area contributed by atoms with Gasteiger partial charge in [0, 0.05) is 22.9 Å². The zero-order chi connectivity index (χ0) is 23.5. The average molecular weight is 481 g/mol. The maximum Gasteiger partial charge on any atom is 0.515 e. The van der Waals surface area contributed by atoms with Gasteiger partial charge in [-0.05, 0) is 55.5 Å². The highest BCUT2D eigenvalue weighted by molar-refractivity contribution is 6.30. The molecule has 2 aromatic heterocycles. The van der Waals surface area contributed by atoms with Gasteiger partial charge in [-0.25, -0.2) is 9.78 Å². The molecule has 7 nitrogen and oxygen atoms in total. The Balaban J connectivity index is 1.50. The summed E-state index contributed by atoms with van der Waals surface area (Å²) < 4.78 is 22.7. The highest BCUT2D eigenvalue weighted by Crippen LogP contribution is 2.38. The Morgan fingerprint density at radius 2 is 1.85 bits per heavy atom. The summed E-state index contributed by atoms with van der Waals surface area (Å²) in [6.45, 7) is 0.583. The van der Waals surface area contributed by atoms with E-state index in [1.165, 1.54) is 0 Å². The van der Waals surface area contributed by atoms with Crippen molar-refractivity contribution < 1.29 is 23.7 Å². The summed E-state index contributed by atoms with van der Waals surface area (Å²) in [7, 11) is 1.59. The Kier molecular flexibility index (Phi) is 6.56. The van der Waals surface area contributed by atoms with E-state index in [9.17, 15) is 4.79 Å². The number of methoxy groups -OCH3 is 1. The number of hydrogen-bond donors (Lipinski definition) is 1. The first-order chi connectivity index (χ1) is 16.6. The van der Waals surface area contributed by atoms with Crippen LogP contribution in [0.4, 0.5) is 4.79 Å². The number of fused-ring (bicyclic) bond motifs is 3. The number of aromatic nitrogens is 2. The van der Waals surface area contributed by atoms with Crippen LogP contribution in [0.15, 0.2) is 48.7 Å². The number of H-pyrrole nitrogens is 1. The van der Waals surface area contributed by atoms with E-state index in [-0.39, 0.29) is 18.6 Å². The number of nitrogens with one attached hydrogen (secondary N) is 1. The van der Waals surface area contributed by atoms with Crippen molar-refractivity contribution >= 4 is 39.6 Å². The second-order valence-corrected chi connectivity index (χ2v) is 8.80. The highest BCUT2D eigenvalue weighted by Gasteiger charge is 2.24. The first-order valence-electron chi connectivity index (χ1n) is 11.3. The van der Waals surface area contributed by atoms with Crippen LogP contribution in [0.3, 0.4) is 0 Å². The van der Waals surface area contributed by atoms with Crippen LogP contribution in [0.25, 0.3) is 21.8 Å². The topological polar surface area (TPSA) is 82.7 Å². The van der Waals surface area contributed by atoms with E-state index < -0.39 is 6.16 Å². The lowest BCUT2D eigenvalue weighted by atomic mass is 10.1. The summed E-state index contributed by atoms with van der Waals surface area (Å²) in [5, 5.41) is 2.38. The number of halogens is 1. The van der Waals surface area contributed by atoms with Crippen LogP contribution >= 0.6 is 11.6 Å². The highest BCUT2D eigenvalue weighted by atomic mass is 35.5. The molecule has 0 spiro atoms. The van der Waals surface area contributed by atoms with E-state index >= 15 is 0 Å². The Morgan fingerprint density at radius 3 is 2.62 bits per heavy atom. The fraction of sp³-hybridized carbons (Fsp3) is 0.308. The van der Waals surface area contributed by atoms with Crippen LogP contribution in [0, 0.1) is 0 Å². The number of aromatic amines is 1. The molecular formula is C26H25ClN2O5. The molecule has 0 aliphatic heterocycles. The van der Waals surface area contributed by atoms with Gasteiger partial charge in [0.25, 0.3) is 0 Å². The molecule has 176 valence electrons. The number of nitrogens with zero attached hydrogens (tertiary/aromatic N) is 1. The van der Waals surface area contributed by atoms with Crippen molar-refractivity contribution in [1.29, 1.82) is 0 Å². The Hall–Kier alpha value is -3.29. The van der Waals surface area contributed by atoms with Crippen LogP contribution in [-0.2, 0) is 22.7 Å². The van der Waals surface area contributed by atoms with Gasteiger partial charge in [-0.2, -0.15) is 0 Å². The van der Waals surface area contributed by atoms with Gasteiger partial charge in [-0.15, -0.1) is 0 Å². The van der Waals surface area contributed by atoms with E-state index in [0.717, 1.165) is 53.1 Å². The number of hydrogen-bond acceptors (Lipinski definition) is 6. The normalized spacial score (nSPS) is 14.1. The number of ether oxygens (including phenoxy) is 4. The van der Waals surface area contributed by atoms with Crippen molar-refractivity contribution in [2.45, 2.75) is 45.0 Å². The molecule has 1 saturated carbocycles. The molecule has 1 N–H and O–H groups in total. The molecule has 0 unspecified atom stereocenters. The van der Waals surface area contributed by atoms with E-state index in [0.29, 0.717) is 22.9 Å². The first-order valence-corrected chi connectivity index (χ1v) is 11.7. The lowest BCUT2D eigenvalue weighted by molar-refractivity contribution is 0.0591. The van der Waals surface area contributed by atoms with Gasteiger partial charge < -0.3 is 23.9 Å². The lowest BCUT2D eigenvalue weighted by Gasteiger charge is -2.14. The fourth-order valence-corrected chi connectivity index (χ4v) is 4.55. The van der Waals surface area contributed by atoms with E-state index in [2.05, 4.69) is 9.97 Å². The van der Waals surface area contributed by atoms with Crippen molar-refractivity contribution in [1.82, 2.24) is 9.97 Å². The molecule has 8 heteroatoms. The van der Waals surface area contributed by atoms with E-state index in [4.69, 9.17) is 30.5 Å². The molecular weight excluding hydrogens is 456 g/mol. The molecule has 1 fully saturated rings. The Bertz CT molecular complexity index is 1310. The van der Waals surface area contributed by atoms with Crippen LogP contribution in [0.1, 0.15) is 36.8 Å². The van der Waals surface area contributed by atoms with E-state index in [1.54, 1.807) is 13.3 Å². The summed E-state index contributed by atoms with van der Waals surface area (Å²) in [6.07, 6.45) is 4.66. The summed E-state index contributed by atoms with van der Waals surface area (Å²) in [5.41, 5.74) is 3.32. The Labute approximate surface area is 201 Å². The second kappa shape index (κ2) is 9.91. The predicted octanol–water partition coefficient (Wildman–Crippen LogP) is 6.55. The molecule has 4 aromatic rings. The quantitative estimate of drug-likeness (QED) is 0.302. The lowest BCUT2D eigenvalue weighted by Crippen LogP contribution is -2.19. The molecule has 1 aliphatic carbocycles. The molecule has 0 amide bonds. The Morgan fingerprint density at radius 1 is 1.06 bits per heavy atom. The molecule has 0 atom stereocenters. The van der Waals surface area contributed by atoms with Crippen molar-refractivity contribution in [2.75, 3.05) is 7.11 Å². The van der Waals surface area contributed by atoms with Gasteiger partial charge in [0.05, 0.1) is 29.4 Å².